The van der Waals surface area contributed by atoms with E-state index in [0.717, 1.165) is 17.0 Å². The van der Waals surface area contributed by atoms with Crippen LogP contribution >= 0.6 is 11.3 Å². The largest absolute Gasteiger partial charge is 0.465 e. The van der Waals surface area contributed by atoms with Gasteiger partial charge in [0.2, 0.25) is 5.91 Å². The molecule has 0 radical (unpaired) electrons. The Kier molecular flexibility index (Phi) is 5.08. The zero-order chi connectivity index (χ0) is 13.7. The average Bonchev–Trinajstić information content (AvgIpc) is 2.60. The number of hydrogen-bond donors (Lipinski definition) is 0. The molecule has 1 heterocycles. The summed E-state index contributed by atoms with van der Waals surface area (Å²) in [6.45, 7) is 3.59. The third-order valence-electron chi connectivity index (χ3n) is 2.37. The van der Waals surface area contributed by atoms with Crippen LogP contribution in [0.25, 0.3) is 0 Å². The molecule has 0 saturated heterocycles. The van der Waals surface area contributed by atoms with Crippen molar-refractivity contribution in [2.75, 3.05) is 20.2 Å². The molecule has 0 fully saturated rings. The molecule has 0 aliphatic heterocycles. The van der Waals surface area contributed by atoms with Gasteiger partial charge in [-0.3, -0.25) is 19.0 Å². The third-order valence-corrected chi connectivity index (χ3v) is 3.25. The summed E-state index contributed by atoms with van der Waals surface area (Å²) in [4.78, 5) is 35.5. The summed E-state index contributed by atoms with van der Waals surface area (Å²) in [6.07, 6.45) is 0. The molecule has 0 atom stereocenters. The molecule has 0 aromatic carbocycles. The third kappa shape index (κ3) is 3.69. The molecule has 0 unspecified atom stereocenters. The number of carbonyl (C=O) groups is 2. The molecule has 1 amide bonds. The Labute approximate surface area is 109 Å². The van der Waals surface area contributed by atoms with Crippen LogP contribution in [0.5, 0.6) is 0 Å². The minimum absolute atomic E-state index is 0.0515. The zero-order valence-corrected chi connectivity index (χ0v) is 11.5. The minimum Gasteiger partial charge on any atom is -0.465 e. The molecule has 6 nitrogen and oxygen atoms in total. The maximum absolute atomic E-state index is 11.8. The van der Waals surface area contributed by atoms with Crippen molar-refractivity contribution in [1.82, 2.24) is 9.47 Å². The highest BCUT2D eigenvalue weighted by Crippen LogP contribution is 2.00. The first-order valence-corrected chi connectivity index (χ1v) is 6.38. The number of aromatic nitrogens is 1. The maximum atomic E-state index is 11.8. The van der Waals surface area contributed by atoms with Crippen LogP contribution in [-0.2, 0) is 20.9 Å². The Hall–Kier alpha value is -1.63. The van der Waals surface area contributed by atoms with E-state index in [1.807, 2.05) is 0 Å². The van der Waals surface area contributed by atoms with E-state index in [-0.39, 0.29) is 30.5 Å². The Balaban J connectivity index is 2.60. The van der Waals surface area contributed by atoms with E-state index in [9.17, 15) is 14.4 Å². The van der Waals surface area contributed by atoms with E-state index >= 15 is 0 Å². The summed E-state index contributed by atoms with van der Waals surface area (Å²) in [5.41, 5.74) is 0.739. The lowest BCUT2D eigenvalue weighted by Crippen LogP contribution is -2.37. The first-order valence-electron chi connectivity index (χ1n) is 5.50. The number of likely N-dealkylation sites (N-methyl/N-ethyl adjacent to an activating group) is 1. The quantitative estimate of drug-likeness (QED) is 0.720. The van der Waals surface area contributed by atoms with Crippen molar-refractivity contribution < 1.29 is 14.3 Å². The number of hydrogen-bond acceptors (Lipinski definition) is 5. The van der Waals surface area contributed by atoms with Crippen molar-refractivity contribution in [1.29, 1.82) is 0 Å². The molecule has 0 saturated carbocycles. The molecule has 0 N–H and O–H groups in total. The monoisotopic (exact) mass is 272 g/mol. The van der Waals surface area contributed by atoms with Crippen LogP contribution in [0.2, 0.25) is 0 Å². The molecule has 1 aromatic rings. The van der Waals surface area contributed by atoms with Gasteiger partial charge in [-0.2, -0.15) is 0 Å². The molecule has 7 heteroatoms. The Morgan fingerprint density at radius 3 is 2.67 bits per heavy atom. The molecule has 0 spiro atoms. The van der Waals surface area contributed by atoms with E-state index in [1.54, 1.807) is 19.2 Å². The van der Waals surface area contributed by atoms with Gasteiger partial charge in [0.15, 0.2) is 0 Å². The van der Waals surface area contributed by atoms with Crippen molar-refractivity contribution >= 4 is 23.2 Å². The number of nitrogens with zero attached hydrogens (tertiary/aromatic N) is 2. The molecule has 0 bridgehead atoms. The van der Waals surface area contributed by atoms with E-state index in [0.29, 0.717) is 0 Å². The molecule has 18 heavy (non-hydrogen) atoms. The van der Waals surface area contributed by atoms with Crippen LogP contribution in [0.3, 0.4) is 0 Å². The summed E-state index contributed by atoms with van der Waals surface area (Å²) in [6, 6.07) is 0. The average molecular weight is 272 g/mol. The molecule has 1 aromatic heterocycles. The lowest BCUT2D eigenvalue weighted by atomic mass is 10.4. The number of esters is 1. The summed E-state index contributed by atoms with van der Waals surface area (Å²) < 4.78 is 6.13. The van der Waals surface area contributed by atoms with Gasteiger partial charge in [0.25, 0.3) is 0 Å². The highest BCUT2D eigenvalue weighted by Gasteiger charge is 2.15. The van der Waals surface area contributed by atoms with E-state index in [4.69, 9.17) is 4.74 Å². The number of aryl methyl sites for hydroxylation is 1. The van der Waals surface area contributed by atoms with Gasteiger partial charge >= 0.3 is 10.8 Å². The summed E-state index contributed by atoms with van der Waals surface area (Å²) in [5, 5.41) is 1.70. The normalized spacial score (nSPS) is 10.2. The van der Waals surface area contributed by atoms with Gasteiger partial charge in [0.05, 0.1) is 6.61 Å². The molecular formula is C11H16N2O4S. The van der Waals surface area contributed by atoms with Gasteiger partial charge in [-0.15, -0.1) is 0 Å². The van der Waals surface area contributed by atoms with Crippen molar-refractivity contribution in [3.8, 4) is 0 Å². The fourth-order valence-electron chi connectivity index (χ4n) is 1.34. The Bertz CT molecular complexity index is 491. The van der Waals surface area contributed by atoms with Crippen LogP contribution in [-0.4, -0.2) is 41.5 Å². The summed E-state index contributed by atoms with van der Waals surface area (Å²) in [7, 11) is 1.51. The Morgan fingerprint density at radius 1 is 1.50 bits per heavy atom. The van der Waals surface area contributed by atoms with Crippen LogP contribution in [0, 0.1) is 6.92 Å². The lowest BCUT2D eigenvalue weighted by Gasteiger charge is -2.16. The van der Waals surface area contributed by atoms with Crippen LogP contribution in [0.15, 0.2) is 10.2 Å². The van der Waals surface area contributed by atoms with Gasteiger partial charge in [0, 0.05) is 18.1 Å². The van der Waals surface area contributed by atoms with Crippen molar-refractivity contribution in [3.05, 3.63) is 20.7 Å². The van der Waals surface area contributed by atoms with Crippen molar-refractivity contribution in [2.24, 2.45) is 0 Å². The van der Waals surface area contributed by atoms with Gasteiger partial charge in [-0.05, 0) is 13.8 Å². The van der Waals surface area contributed by atoms with Crippen molar-refractivity contribution in [2.45, 2.75) is 20.4 Å². The number of carbonyl (C=O) groups excluding carboxylic acids is 2. The SMILES string of the molecule is CCOC(=O)CN(C)C(=O)Cn1c(C)csc1=O. The van der Waals surface area contributed by atoms with Crippen LogP contribution in [0.1, 0.15) is 12.6 Å². The van der Waals surface area contributed by atoms with Gasteiger partial charge in [-0.1, -0.05) is 11.3 Å². The molecule has 1 rings (SSSR count). The summed E-state index contributed by atoms with van der Waals surface area (Å²) >= 11 is 1.05. The zero-order valence-electron chi connectivity index (χ0n) is 10.6. The van der Waals surface area contributed by atoms with Crippen LogP contribution in [0.4, 0.5) is 0 Å². The van der Waals surface area contributed by atoms with Gasteiger partial charge in [-0.25, -0.2) is 0 Å². The highest BCUT2D eigenvalue weighted by atomic mass is 32.1. The maximum Gasteiger partial charge on any atom is 0.325 e. The van der Waals surface area contributed by atoms with Crippen molar-refractivity contribution in [3.63, 3.8) is 0 Å². The minimum atomic E-state index is -0.456. The number of amides is 1. The van der Waals surface area contributed by atoms with E-state index in [1.165, 1.54) is 16.5 Å². The second kappa shape index (κ2) is 6.34. The second-order valence-corrected chi connectivity index (χ2v) is 4.60. The molecule has 100 valence electrons. The predicted molar refractivity (Wildman–Crippen MR) is 67.6 cm³/mol. The molecule has 0 aliphatic carbocycles. The fourth-order valence-corrected chi connectivity index (χ4v) is 2.07. The second-order valence-electron chi connectivity index (χ2n) is 3.78. The van der Waals surface area contributed by atoms with Crippen LogP contribution < -0.4 is 4.87 Å². The smallest absolute Gasteiger partial charge is 0.325 e. The van der Waals surface area contributed by atoms with Gasteiger partial charge in [0.1, 0.15) is 13.1 Å². The topological polar surface area (TPSA) is 68.6 Å². The van der Waals surface area contributed by atoms with E-state index in [2.05, 4.69) is 0 Å². The first kappa shape index (κ1) is 14.4. The standard InChI is InChI=1S/C11H16N2O4S/c1-4-17-10(15)6-12(3)9(14)5-13-8(2)7-18-11(13)16/h7H,4-6H2,1-3H3. The number of ether oxygens (including phenoxy) is 1. The lowest BCUT2D eigenvalue weighted by molar-refractivity contribution is -0.148. The predicted octanol–water partition coefficient (Wildman–Crippen LogP) is 0.240. The molecular weight excluding hydrogens is 256 g/mol. The number of rotatable bonds is 5. The summed E-state index contributed by atoms with van der Waals surface area (Å²) in [5.74, 6) is -0.755. The first-order chi connectivity index (χ1) is 8.45. The highest BCUT2D eigenvalue weighted by molar-refractivity contribution is 7.07. The molecule has 0 aliphatic rings. The fraction of sp³-hybridized carbons (Fsp3) is 0.545. The van der Waals surface area contributed by atoms with Gasteiger partial charge < -0.3 is 9.64 Å². The number of thiazole rings is 1. The Morgan fingerprint density at radius 2 is 2.17 bits per heavy atom. The van der Waals surface area contributed by atoms with E-state index < -0.39 is 5.97 Å².